The molecule has 2 aliphatic rings. The molecule has 0 spiro atoms. The molecule has 2 saturated heterocycles. The molecule has 1 amide bonds. The summed E-state index contributed by atoms with van der Waals surface area (Å²) >= 11 is 0. The first-order valence-corrected chi connectivity index (χ1v) is 10.4. The van der Waals surface area contributed by atoms with Gasteiger partial charge in [-0.1, -0.05) is 0 Å². The highest BCUT2D eigenvalue weighted by molar-refractivity contribution is 5.84. The first-order chi connectivity index (χ1) is 14.0. The first kappa shape index (κ1) is 19.8. The van der Waals surface area contributed by atoms with Gasteiger partial charge in [-0.05, 0) is 50.3 Å². The maximum Gasteiger partial charge on any atom is 0.325 e. The highest BCUT2D eigenvalue weighted by Gasteiger charge is 2.43. The number of carbonyl (C=O) groups is 2. The average molecular weight is 399 g/mol. The lowest BCUT2D eigenvalue weighted by molar-refractivity contribution is -0.150. The van der Waals surface area contributed by atoms with Gasteiger partial charge in [-0.15, -0.1) is 0 Å². The monoisotopic (exact) mass is 399 g/mol. The number of carbonyl (C=O) groups excluding carboxylic acids is 2. The summed E-state index contributed by atoms with van der Waals surface area (Å²) in [6.45, 7) is 4.54. The fourth-order valence-corrected chi connectivity index (χ4v) is 5.10. The zero-order valence-corrected chi connectivity index (χ0v) is 17.1. The molecule has 2 bridgehead atoms. The van der Waals surface area contributed by atoms with Crippen molar-refractivity contribution in [1.29, 1.82) is 0 Å². The molecule has 2 aliphatic heterocycles. The number of rotatable bonds is 6. The third-order valence-electron chi connectivity index (χ3n) is 6.41. The third kappa shape index (κ3) is 3.96. The summed E-state index contributed by atoms with van der Waals surface area (Å²) in [5.74, 6) is -0.135. The number of esters is 1. The zero-order valence-electron chi connectivity index (χ0n) is 17.1. The summed E-state index contributed by atoms with van der Waals surface area (Å²) in [7, 11) is 0. The van der Waals surface area contributed by atoms with E-state index in [4.69, 9.17) is 4.74 Å². The van der Waals surface area contributed by atoms with E-state index in [0.29, 0.717) is 18.7 Å². The topological polar surface area (TPSA) is 85.9 Å². The molecular formula is C22H29N3O4. The van der Waals surface area contributed by atoms with E-state index in [1.807, 2.05) is 12.3 Å². The Kier molecular flexibility index (Phi) is 5.50. The number of ether oxygens (including phenoxy) is 1. The minimum Gasteiger partial charge on any atom is -0.508 e. The maximum absolute atomic E-state index is 12.2. The molecule has 7 heteroatoms. The van der Waals surface area contributed by atoms with Crippen molar-refractivity contribution in [3.8, 4) is 5.75 Å². The van der Waals surface area contributed by atoms with Gasteiger partial charge in [0.2, 0.25) is 5.91 Å². The van der Waals surface area contributed by atoms with Gasteiger partial charge in [-0.25, -0.2) is 0 Å². The number of benzene rings is 1. The van der Waals surface area contributed by atoms with Crippen LogP contribution in [0.3, 0.4) is 0 Å². The number of amides is 1. The number of hydrogen-bond acceptors (Lipinski definition) is 5. The Balaban J connectivity index is 1.47. The van der Waals surface area contributed by atoms with Crippen molar-refractivity contribution in [1.82, 2.24) is 14.8 Å². The molecule has 2 aromatic rings. The summed E-state index contributed by atoms with van der Waals surface area (Å²) in [6.07, 6.45) is 6.04. The standard InChI is InChI=1S/C22H29N3O4/c1-3-29-22(28)13-24(14(2)26)18-8-16-4-5-17(9-18)25(16)12-15-11-23-21-10-19(27)6-7-20(15)21/h6-7,10-11,16-18,23,27H,3-5,8-9,12-13H2,1-2H3/t16-,17+,18?. The van der Waals surface area contributed by atoms with E-state index in [1.54, 1.807) is 24.0 Å². The van der Waals surface area contributed by atoms with Gasteiger partial charge in [0.1, 0.15) is 12.3 Å². The first-order valence-electron chi connectivity index (χ1n) is 10.4. The molecule has 0 aliphatic carbocycles. The number of fused-ring (bicyclic) bond motifs is 3. The molecule has 29 heavy (non-hydrogen) atoms. The van der Waals surface area contributed by atoms with Crippen LogP contribution in [0.15, 0.2) is 24.4 Å². The second-order valence-corrected chi connectivity index (χ2v) is 8.18. The number of hydrogen-bond donors (Lipinski definition) is 2. The summed E-state index contributed by atoms with van der Waals surface area (Å²) in [5, 5.41) is 10.8. The molecule has 3 heterocycles. The second-order valence-electron chi connectivity index (χ2n) is 8.18. The fourth-order valence-electron chi connectivity index (χ4n) is 5.10. The van der Waals surface area contributed by atoms with Crippen LogP contribution in [0.25, 0.3) is 10.9 Å². The Labute approximate surface area is 170 Å². The molecule has 156 valence electrons. The van der Waals surface area contributed by atoms with Crippen LogP contribution in [0.2, 0.25) is 0 Å². The fraction of sp³-hybridized carbons (Fsp3) is 0.545. The van der Waals surface area contributed by atoms with E-state index in [0.717, 1.165) is 43.1 Å². The van der Waals surface area contributed by atoms with Gasteiger partial charge in [0.25, 0.3) is 0 Å². The van der Waals surface area contributed by atoms with Gasteiger partial charge >= 0.3 is 5.97 Å². The number of aromatic nitrogens is 1. The van der Waals surface area contributed by atoms with Crippen molar-refractivity contribution in [3.05, 3.63) is 30.0 Å². The van der Waals surface area contributed by atoms with E-state index in [9.17, 15) is 14.7 Å². The van der Waals surface area contributed by atoms with E-state index in [1.165, 1.54) is 12.5 Å². The Morgan fingerprint density at radius 1 is 1.28 bits per heavy atom. The molecule has 0 saturated carbocycles. The highest BCUT2D eigenvalue weighted by atomic mass is 16.5. The Hall–Kier alpha value is -2.54. The lowest BCUT2D eigenvalue weighted by Gasteiger charge is -2.42. The Bertz CT molecular complexity index is 895. The number of piperidine rings is 1. The normalized spacial score (nSPS) is 24.0. The number of nitrogens with one attached hydrogen (secondary N) is 1. The van der Waals surface area contributed by atoms with Crippen molar-refractivity contribution >= 4 is 22.8 Å². The number of aromatic hydroxyl groups is 1. The summed E-state index contributed by atoms with van der Waals surface area (Å²) < 4.78 is 5.06. The molecule has 1 aromatic carbocycles. The summed E-state index contributed by atoms with van der Waals surface area (Å²) in [5.41, 5.74) is 2.17. The molecule has 4 rings (SSSR count). The van der Waals surface area contributed by atoms with Crippen molar-refractivity contribution in [2.45, 2.75) is 64.2 Å². The van der Waals surface area contributed by atoms with Crippen LogP contribution in [0.4, 0.5) is 0 Å². The van der Waals surface area contributed by atoms with Crippen molar-refractivity contribution in [3.63, 3.8) is 0 Å². The quantitative estimate of drug-likeness (QED) is 0.730. The van der Waals surface area contributed by atoms with Crippen molar-refractivity contribution < 1.29 is 19.4 Å². The van der Waals surface area contributed by atoms with Crippen LogP contribution < -0.4 is 0 Å². The molecule has 1 unspecified atom stereocenters. The second kappa shape index (κ2) is 8.06. The van der Waals surface area contributed by atoms with E-state index in [2.05, 4.69) is 9.88 Å². The predicted molar refractivity (Wildman–Crippen MR) is 109 cm³/mol. The molecule has 1 aromatic heterocycles. The van der Waals surface area contributed by atoms with Gasteiger partial charge in [0, 0.05) is 54.8 Å². The molecular weight excluding hydrogens is 370 g/mol. The molecule has 3 atom stereocenters. The number of phenolic OH excluding ortho intramolecular Hbond substituents is 1. The van der Waals surface area contributed by atoms with Gasteiger partial charge in [0.15, 0.2) is 0 Å². The smallest absolute Gasteiger partial charge is 0.325 e. The minimum atomic E-state index is -0.334. The molecule has 0 radical (unpaired) electrons. The average Bonchev–Trinajstić information content (AvgIpc) is 3.16. The lowest BCUT2D eigenvalue weighted by atomic mass is 9.95. The largest absolute Gasteiger partial charge is 0.508 e. The van der Waals surface area contributed by atoms with E-state index < -0.39 is 0 Å². The third-order valence-corrected chi connectivity index (χ3v) is 6.41. The van der Waals surface area contributed by atoms with Crippen LogP contribution in [-0.4, -0.2) is 63.0 Å². The summed E-state index contributed by atoms with van der Waals surface area (Å²) in [4.78, 5) is 31.7. The SMILES string of the molecule is CCOC(=O)CN(C(C)=O)C1C[C@H]2CC[C@@H](C1)N2Cc1c[nH]c2cc(O)ccc12. The van der Waals surface area contributed by atoms with Crippen molar-refractivity contribution in [2.75, 3.05) is 13.2 Å². The van der Waals surface area contributed by atoms with Crippen LogP contribution in [0.5, 0.6) is 5.75 Å². The van der Waals surface area contributed by atoms with E-state index in [-0.39, 0.29) is 30.2 Å². The molecule has 2 fully saturated rings. The molecule has 2 N–H and O–H groups in total. The minimum absolute atomic E-state index is 0.0409. The lowest BCUT2D eigenvalue weighted by Crippen LogP contribution is -2.52. The maximum atomic E-state index is 12.2. The van der Waals surface area contributed by atoms with Crippen LogP contribution in [0, 0.1) is 0 Å². The number of nitrogens with zero attached hydrogens (tertiary/aromatic N) is 2. The van der Waals surface area contributed by atoms with Crippen LogP contribution in [-0.2, 0) is 20.9 Å². The summed E-state index contributed by atoms with van der Waals surface area (Å²) in [6, 6.07) is 6.34. The zero-order chi connectivity index (χ0) is 20.5. The van der Waals surface area contributed by atoms with Gasteiger partial charge in [0.05, 0.1) is 6.61 Å². The van der Waals surface area contributed by atoms with E-state index >= 15 is 0 Å². The number of phenols is 1. The predicted octanol–water partition coefficient (Wildman–Crippen LogP) is 2.78. The number of aromatic amines is 1. The molecule has 7 nitrogen and oxygen atoms in total. The number of H-pyrrole nitrogens is 1. The Morgan fingerprint density at radius 2 is 2.00 bits per heavy atom. The van der Waals surface area contributed by atoms with Crippen molar-refractivity contribution in [2.24, 2.45) is 0 Å². The Morgan fingerprint density at radius 3 is 2.66 bits per heavy atom. The van der Waals surface area contributed by atoms with Crippen LogP contribution >= 0.6 is 0 Å². The highest BCUT2D eigenvalue weighted by Crippen LogP contribution is 2.39. The van der Waals surface area contributed by atoms with Gasteiger partial charge in [-0.3, -0.25) is 14.5 Å². The van der Waals surface area contributed by atoms with Gasteiger partial charge in [-0.2, -0.15) is 0 Å². The van der Waals surface area contributed by atoms with Crippen LogP contribution in [0.1, 0.15) is 45.1 Å². The van der Waals surface area contributed by atoms with Gasteiger partial charge < -0.3 is 19.7 Å².